The first-order chi connectivity index (χ1) is 9.75. The molecule has 0 spiro atoms. The first-order valence-electron chi connectivity index (χ1n) is 3.83. The van der Waals surface area contributed by atoms with Gasteiger partial charge in [-0.15, -0.1) is 0 Å². The summed E-state index contributed by atoms with van der Waals surface area (Å²) in [5.74, 6) is 0. The molecule has 25 heavy (non-hydrogen) atoms. The predicted molar refractivity (Wildman–Crippen MR) is 49.1 cm³/mol. The number of halogens is 9. The Morgan fingerprint density at radius 2 is 0.640 bits per heavy atom. The number of hydrogen-bond acceptors (Lipinski definition) is 8. The van der Waals surface area contributed by atoms with Gasteiger partial charge in [-0.25, -0.2) is 16.8 Å². The minimum Gasteiger partial charge on any atom is -0.741 e. The monoisotopic (exact) mass is 512 g/mol. The van der Waals surface area contributed by atoms with Crippen LogP contribution in [0.2, 0.25) is 0 Å². The second-order valence-electron chi connectivity index (χ2n) is 2.72. The van der Waals surface area contributed by atoms with E-state index in [1.807, 2.05) is 0 Å². The molecule has 0 unspecified atom stereocenters. The maximum atomic E-state index is 10.7. The summed E-state index contributed by atoms with van der Waals surface area (Å²) < 4.78 is 175. The molecule has 0 heterocycles. The fourth-order valence-electron chi connectivity index (χ4n) is 0. The molecule has 0 atom stereocenters. The van der Waals surface area contributed by atoms with Crippen LogP contribution in [0.25, 0.3) is 0 Å². The normalized spacial score (nSPS) is 13.4. The molecule has 0 saturated carbocycles. The molecule has 0 aromatic carbocycles. The molecular weight excluding hydrogens is 513 g/mol. The van der Waals surface area contributed by atoms with Crippen LogP contribution in [-0.2, 0) is 49.8 Å². The molecule has 0 saturated heterocycles. The van der Waals surface area contributed by atoms with Crippen LogP contribution in [0.3, 0.4) is 0 Å². The second kappa shape index (κ2) is 9.60. The molecule has 0 rings (SSSR count). The Bertz CT molecular complexity index is 596. The molecule has 150 valence electrons. The van der Waals surface area contributed by atoms with Gasteiger partial charge < -0.3 is 9.11 Å². The average Bonchev–Trinajstić information content (AvgIpc) is 2.08. The number of rotatable bonds is 0. The zero-order valence-corrected chi connectivity index (χ0v) is 16.0. The summed E-state index contributed by atoms with van der Waals surface area (Å²) in [6.45, 7) is 0. The van der Waals surface area contributed by atoms with Crippen LogP contribution in [0.15, 0.2) is 0 Å². The Hall–Kier alpha value is -0.277. The Morgan fingerprint density at radius 1 is 0.560 bits per heavy atom. The molecule has 0 aromatic heterocycles. The Morgan fingerprint density at radius 3 is 0.640 bits per heavy atom. The molecule has 0 radical (unpaired) electrons. The zero-order chi connectivity index (χ0) is 21.0. The third kappa shape index (κ3) is 15.7. The number of hydrogen-bond donors (Lipinski definition) is 1. The van der Waals surface area contributed by atoms with Gasteiger partial charge in [0.1, 0.15) is 0 Å². The summed E-state index contributed by atoms with van der Waals surface area (Å²) in [4.78, 5) is 0. The number of alkyl halides is 9. The predicted octanol–water partition coefficient (Wildman–Crippen LogP) is 0.494. The van der Waals surface area contributed by atoms with Gasteiger partial charge >= 0.3 is 46.1 Å². The van der Waals surface area contributed by atoms with Gasteiger partial charge in [-0.1, -0.05) is 0 Å². The van der Waals surface area contributed by atoms with E-state index in [4.69, 9.17) is 38.9 Å². The van der Waals surface area contributed by atoms with Crippen molar-refractivity contribution in [1.82, 2.24) is 0 Å². The van der Waals surface area contributed by atoms with Crippen LogP contribution in [0.5, 0.6) is 0 Å². The van der Waals surface area contributed by atoms with E-state index in [1.165, 1.54) is 0 Å². The minimum atomic E-state index is -6.09. The molecule has 9 nitrogen and oxygen atoms in total. The van der Waals surface area contributed by atoms with Gasteiger partial charge in [0.25, 0.3) is 0 Å². The largest absolute Gasteiger partial charge is 2.00 e. The molecule has 1 N–H and O–H groups in total. The molecular formula is C3HF9O9S3Zn. The van der Waals surface area contributed by atoms with Crippen molar-refractivity contribution in [2.75, 3.05) is 0 Å². The summed E-state index contributed by atoms with van der Waals surface area (Å²) in [5, 5.41) is 0. The van der Waals surface area contributed by atoms with Crippen molar-refractivity contribution in [3.05, 3.63) is 0 Å². The van der Waals surface area contributed by atoms with E-state index in [9.17, 15) is 39.5 Å². The van der Waals surface area contributed by atoms with Crippen molar-refractivity contribution in [3.63, 3.8) is 0 Å². The molecule has 0 bridgehead atoms. The van der Waals surface area contributed by atoms with Gasteiger partial charge in [0.05, 0.1) is 0 Å². The van der Waals surface area contributed by atoms with Crippen LogP contribution < -0.4 is 0 Å². The van der Waals surface area contributed by atoms with Crippen molar-refractivity contribution >= 4 is 30.4 Å². The van der Waals surface area contributed by atoms with Crippen molar-refractivity contribution in [1.29, 1.82) is 0 Å². The molecule has 0 aromatic rings. The van der Waals surface area contributed by atoms with E-state index in [0.29, 0.717) is 0 Å². The third-order valence-corrected chi connectivity index (χ3v) is 2.58. The van der Waals surface area contributed by atoms with Crippen molar-refractivity contribution in [3.8, 4) is 0 Å². The van der Waals surface area contributed by atoms with E-state index in [2.05, 4.69) is 0 Å². The van der Waals surface area contributed by atoms with Gasteiger partial charge in [-0.3, -0.25) is 4.55 Å². The van der Waals surface area contributed by atoms with Gasteiger partial charge in [0.2, 0.25) is 0 Å². The van der Waals surface area contributed by atoms with Crippen LogP contribution in [-0.4, -0.2) is 55.4 Å². The third-order valence-electron chi connectivity index (χ3n) is 0.859. The first kappa shape index (κ1) is 32.4. The zero-order valence-electron chi connectivity index (χ0n) is 10.5. The molecule has 0 aliphatic carbocycles. The van der Waals surface area contributed by atoms with Crippen LogP contribution in [0.1, 0.15) is 0 Å². The van der Waals surface area contributed by atoms with E-state index in [1.54, 1.807) is 0 Å². The van der Waals surface area contributed by atoms with Crippen LogP contribution in [0.4, 0.5) is 39.5 Å². The van der Waals surface area contributed by atoms with E-state index in [0.717, 1.165) is 0 Å². The maximum Gasteiger partial charge on any atom is 2.00 e. The maximum absolute atomic E-state index is 10.7. The van der Waals surface area contributed by atoms with Crippen molar-refractivity contribution < 1.29 is 97.9 Å². The van der Waals surface area contributed by atoms with Crippen LogP contribution in [0, 0.1) is 0 Å². The van der Waals surface area contributed by atoms with Gasteiger partial charge in [0, 0.05) is 0 Å². The first-order valence-corrected chi connectivity index (χ1v) is 8.09. The molecule has 22 heteroatoms. The van der Waals surface area contributed by atoms with Gasteiger partial charge in [0.15, 0.2) is 20.2 Å². The van der Waals surface area contributed by atoms with Gasteiger partial charge in [-0.2, -0.15) is 47.9 Å². The SMILES string of the molecule is O=S(=O)(O)C(F)(F)F.O=S(=O)([O-])C(F)(F)F.O=S(=O)([O-])C(F)(F)F.[Zn+2]. The second-order valence-corrected chi connectivity index (χ2v) is 6.88. The van der Waals surface area contributed by atoms with Gasteiger partial charge in [-0.05, 0) is 0 Å². The Balaban J connectivity index is -0.000000130. The molecule has 0 aliphatic heterocycles. The Labute approximate surface area is 145 Å². The van der Waals surface area contributed by atoms with E-state index >= 15 is 0 Å². The summed E-state index contributed by atoms with van der Waals surface area (Å²) in [7, 11) is -18.0. The van der Waals surface area contributed by atoms with Crippen LogP contribution >= 0.6 is 0 Å². The minimum absolute atomic E-state index is 0. The summed E-state index contributed by atoms with van der Waals surface area (Å²) >= 11 is 0. The fourth-order valence-corrected chi connectivity index (χ4v) is 0. The van der Waals surface area contributed by atoms with E-state index < -0.39 is 46.9 Å². The smallest absolute Gasteiger partial charge is 0.741 e. The van der Waals surface area contributed by atoms with Crippen molar-refractivity contribution in [2.45, 2.75) is 16.5 Å². The topological polar surface area (TPSA) is 169 Å². The molecule has 0 aliphatic rings. The average molecular weight is 514 g/mol. The molecule has 0 fully saturated rings. The Kier molecular flexibility index (Phi) is 12.4. The molecule has 0 amide bonds. The quantitative estimate of drug-likeness (QED) is 0.210. The fraction of sp³-hybridized carbons (Fsp3) is 1.00. The standard InChI is InChI=1S/3CHF3O3S.Zn/c3*2-1(3,4)8(5,6)7;/h3*(H,5,6,7);/q;;;+2/p-2. The summed E-state index contributed by atoms with van der Waals surface area (Å²) in [6.07, 6.45) is 0. The summed E-state index contributed by atoms with van der Waals surface area (Å²) in [6, 6.07) is 0. The summed E-state index contributed by atoms with van der Waals surface area (Å²) in [5.41, 5.74) is -16.8. The van der Waals surface area contributed by atoms with Crippen molar-refractivity contribution in [2.24, 2.45) is 0 Å². The van der Waals surface area contributed by atoms with E-state index in [-0.39, 0.29) is 19.5 Å².